The van der Waals surface area contributed by atoms with Crippen molar-refractivity contribution in [2.75, 3.05) is 14.1 Å². The van der Waals surface area contributed by atoms with E-state index in [0.717, 1.165) is 0 Å². The molecule has 1 aliphatic heterocycles. The predicted octanol–water partition coefficient (Wildman–Crippen LogP) is 2.31. The van der Waals surface area contributed by atoms with Crippen molar-refractivity contribution in [2.24, 2.45) is 0 Å². The molecule has 0 aromatic heterocycles. The average Bonchev–Trinajstić information content (AvgIpc) is 2.00. The second kappa shape index (κ2) is 3.81. The van der Waals surface area contributed by atoms with Gasteiger partial charge >= 0.3 is 87.0 Å². The Morgan fingerprint density at radius 3 is 1.77 bits per heavy atom. The third-order valence-electron chi connectivity index (χ3n) is 3.41. The van der Waals surface area contributed by atoms with Crippen molar-refractivity contribution in [2.45, 2.75) is 23.7 Å². The first kappa shape index (κ1) is 11.4. The molecule has 0 aromatic carbocycles. The first-order valence-electron chi connectivity index (χ1n) is 4.90. The van der Waals surface area contributed by atoms with Gasteiger partial charge in [0.05, 0.1) is 0 Å². The zero-order valence-corrected chi connectivity index (χ0v) is 12.5. The van der Waals surface area contributed by atoms with Gasteiger partial charge in [0.1, 0.15) is 0 Å². The molecule has 1 rings (SSSR count). The molecule has 1 nitrogen and oxygen atoms in total. The fourth-order valence-electron chi connectivity index (χ4n) is 1.59. The summed E-state index contributed by atoms with van der Waals surface area (Å²) in [6.45, 7) is 5.18. The molecule has 3 heteroatoms. The summed E-state index contributed by atoms with van der Waals surface area (Å²) in [6, 6.07) is 0. The minimum atomic E-state index is -1.93. The van der Waals surface area contributed by atoms with Crippen molar-refractivity contribution >= 4 is 25.2 Å². The monoisotopic (exact) mass is 285 g/mol. The van der Waals surface area contributed by atoms with Crippen LogP contribution in [0.5, 0.6) is 0 Å². The Hall–Kier alpha value is 0.304. The molecule has 0 N–H and O–H groups in total. The standard InChI is InChI=1S/C8H14BN.2CH3.Sn/c1-5-7-9(8-6-2)10(3)4;;;/h7-8H,1-4H3;2*1H3;. The third kappa shape index (κ3) is 2.21. The number of rotatable bonds is 1. The van der Waals surface area contributed by atoms with Gasteiger partial charge in [0.15, 0.2) is 0 Å². The summed E-state index contributed by atoms with van der Waals surface area (Å²) in [7, 11) is 4.29. The molecule has 0 saturated heterocycles. The van der Waals surface area contributed by atoms with Crippen molar-refractivity contribution in [1.82, 2.24) is 4.81 Å². The fraction of sp³-hybridized carbons (Fsp3) is 0.600. The summed E-state index contributed by atoms with van der Waals surface area (Å²) in [5.74, 6) is 4.89. The van der Waals surface area contributed by atoms with Crippen LogP contribution in [0.3, 0.4) is 0 Å². The summed E-state index contributed by atoms with van der Waals surface area (Å²) in [5, 5.41) is 0. The normalized spacial score (nSPS) is 21.6. The van der Waals surface area contributed by atoms with Crippen LogP contribution in [0.15, 0.2) is 19.1 Å². The number of hydrogen-bond donors (Lipinski definition) is 0. The first-order valence-corrected chi connectivity index (χ1v) is 13.5. The van der Waals surface area contributed by atoms with Gasteiger partial charge in [0, 0.05) is 0 Å². The Balaban J connectivity index is 2.99. The molecule has 0 unspecified atom stereocenters. The van der Waals surface area contributed by atoms with Gasteiger partial charge in [-0.2, -0.15) is 0 Å². The summed E-state index contributed by atoms with van der Waals surface area (Å²) in [6.07, 6.45) is 0. The summed E-state index contributed by atoms with van der Waals surface area (Å²) in [4.78, 5) is 7.27. The van der Waals surface area contributed by atoms with Crippen LogP contribution in [-0.4, -0.2) is 44.1 Å². The molecule has 0 fully saturated rings. The molecule has 1 aliphatic rings. The quantitative estimate of drug-likeness (QED) is 0.668. The summed E-state index contributed by atoms with van der Waals surface area (Å²) >= 11 is -1.93. The Morgan fingerprint density at radius 2 is 1.46 bits per heavy atom. The maximum absolute atomic E-state index is 2.50. The summed E-state index contributed by atoms with van der Waals surface area (Å²) < 4.78 is 3.38. The van der Waals surface area contributed by atoms with Crippen molar-refractivity contribution in [3.05, 3.63) is 19.1 Å². The number of hydrogen-bond acceptors (Lipinski definition) is 1. The third-order valence-corrected chi connectivity index (χ3v) is 15.6. The zero-order valence-electron chi connectivity index (χ0n) is 9.68. The Labute approximate surface area is 86.9 Å². The van der Waals surface area contributed by atoms with Crippen molar-refractivity contribution in [1.29, 1.82) is 0 Å². The van der Waals surface area contributed by atoms with Crippen LogP contribution in [0.25, 0.3) is 0 Å². The second-order valence-corrected chi connectivity index (χ2v) is 18.6. The van der Waals surface area contributed by atoms with Gasteiger partial charge < -0.3 is 0 Å². The Bertz CT molecular complexity index is 244. The van der Waals surface area contributed by atoms with E-state index in [2.05, 4.69) is 54.6 Å². The van der Waals surface area contributed by atoms with E-state index in [1.54, 1.807) is 7.18 Å². The van der Waals surface area contributed by atoms with Crippen LogP contribution in [0.1, 0.15) is 13.8 Å². The van der Waals surface area contributed by atoms with E-state index in [1.165, 1.54) is 0 Å². The fourth-order valence-corrected chi connectivity index (χ4v) is 6.71. The van der Waals surface area contributed by atoms with Crippen molar-refractivity contribution in [3.8, 4) is 0 Å². The average molecular weight is 284 g/mol. The molecule has 0 saturated carbocycles. The van der Waals surface area contributed by atoms with E-state index in [4.69, 9.17) is 0 Å². The molecular weight excluding hydrogens is 264 g/mol. The Morgan fingerprint density at radius 1 is 1.08 bits per heavy atom. The van der Waals surface area contributed by atoms with E-state index in [9.17, 15) is 0 Å². The van der Waals surface area contributed by atoms with Crippen LogP contribution in [0.2, 0.25) is 9.88 Å². The van der Waals surface area contributed by atoms with E-state index in [-0.39, 0.29) is 0 Å². The number of nitrogens with zero attached hydrogens (tertiary/aromatic N) is 1. The van der Waals surface area contributed by atoms with Gasteiger partial charge in [0.2, 0.25) is 0 Å². The SMILES string of the molecule is C[C]1=CB(N(C)C)C=[C](C)[Sn]1([CH3])[CH3]. The van der Waals surface area contributed by atoms with Crippen LogP contribution >= 0.6 is 0 Å². The topological polar surface area (TPSA) is 3.24 Å². The van der Waals surface area contributed by atoms with Gasteiger partial charge in [-0.05, 0) is 0 Å². The minimum absolute atomic E-state index is 0.532. The zero-order chi connectivity index (χ0) is 10.2. The van der Waals surface area contributed by atoms with Gasteiger partial charge in [-0.25, -0.2) is 0 Å². The van der Waals surface area contributed by atoms with E-state index in [0.29, 0.717) is 6.85 Å². The molecule has 1 heterocycles. The van der Waals surface area contributed by atoms with Crippen LogP contribution in [0.4, 0.5) is 0 Å². The van der Waals surface area contributed by atoms with Crippen LogP contribution in [0, 0.1) is 0 Å². The molecule has 0 radical (unpaired) electrons. The van der Waals surface area contributed by atoms with E-state index >= 15 is 0 Å². The molecule has 0 amide bonds. The van der Waals surface area contributed by atoms with E-state index in [1.807, 2.05) is 0 Å². The van der Waals surface area contributed by atoms with Crippen LogP contribution < -0.4 is 0 Å². The molecule has 0 aliphatic carbocycles. The predicted molar refractivity (Wildman–Crippen MR) is 64.4 cm³/mol. The molecular formula is C10H20BNSn. The van der Waals surface area contributed by atoms with Gasteiger partial charge in [0.25, 0.3) is 0 Å². The van der Waals surface area contributed by atoms with E-state index < -0.39 is 18.4 Å². The molecule has 0 bridgehead atoms. The first-order chi connectivity index (χ1) is 5.85. The molecule has 13 heavy (non-hydrogen) atoms. The Kier molecular flexibility index (Phi) is 3.34. The van der Waals surface area contributed by atoms with Gasteiger partial charge in [-0.1, -0.05) is 0 Å². The van der Waals surface area contributed by atoms with Crippen molar-refractivity contribution < 1.29 is 0 Å². The molecule has 0 atom stereocenters. The molecule has 0 aromatic rings. The molecule has 0 spiro atoms. The van der Waals surface area contributed by atoms with Gasteiger partial charge in [-0.15, -0.1) is 0 Å². The number of allylic oxidation sites excluding steroid dienone is 2. The van der Waals surface area contributed by atoms with Gasteiger partial charge in [-0.3, -0.25) is 0 Å². The summed E-state index contributed by atoms with van der Waals surface area (Å²) in [5.41, 5.74) is 0. The van der Waals surface area contributed by atoms with Crippen LogP contribution in [-0.2, 0) is 0 Å². The van der Waals surface area contributed by atoms with Crippen molar-refractivity contribution in [3.63, 3.8) is 0 Å². The second-order valence-electron chi connectivity index (χ2n) is 4.78. The molecule has 72 valence electrons. The maximum atomic E-state index is 2.50.